The number of likely N-dealkylation sites (N-methyl/N-ethyl adjacent to an activating group) is 1. The molecule has 4 amide bonds. The SMILES string of the molecule is Cc1nc2n(n1)CC(=O)NCCCN(C(=O)[C@H]1COCCN1C)CCCC(=O)N[C@H](Cc1ccccc1)C(=O)N[C@H]2C(C)C. The van der Waals surface area contributed by atoms with E-state index in [9.17, 15) is 19.2 Å². The summed E-state index contributed by atoms with van der Waals surface area (Å²) in [6.07, 6.45) is 1.43. The number of hydrogen-bond acceptors (Lipinski definition) is 8. The smallest absolute Gasteiger partial charge is 0.243 e. The maximum absolute atomic E-state index is 13.8. The lowest BCUT2D eigenvalue weighted by Gasteiger charge is -2.35. The number of aryl methyl sites for hydroxylation is 1. The fourth-order valence-electron chi connectivity index (χ4n) is 5.54. The average molecular weight is 611 g/mol. The number of nitrogens with one attached hydrogen (secondary N) is 3. The summed E-state index contributed by atoms with van der Waals surface area (Å²) >= 11 is 0. The number of aromatic nitrogens is 3. The van der Waals surface area contributed by atoms with E-state index < -0.39 is 18.1 Å². The Labute approximate surface area is 259 Å². The van der Waals surface area contributed by atoms with Gasteiger partial charge in [0.05, 0.1) is 19.3 Å². The van der Waals surface area contributed by atoms with E-state index in [1.54, 1.807) is 11.8 Å². The summed E-state index contributed by atoms with van der Waals surface area (Å²) in [5.41, 5.74) is 0.905. The zero-order chi connectivity index (χ0) is 31.6. The van der Waals surface area contributed by atoms with Crippen LogP contribution in [0.5, 0.6) is 0 Å². The van der Waals surface area contributed by atoms with Gasteiger partial charge in [0.25, 0.3) is 0 Å². The molecule has 44 heavy (non-hydrogen) atoms. The first-order valence-corrected chi connectivity index (χ1v) is 15.5. The van der Waals surface area contributed by atoms with Crippen LogP contribution >= 0.6 is 0 Å². The highest BCUT2D eigenvalue weighted by molar-refractivity contribution is 5.88. The molecule has 2 aliphatic heterocycles. The van der Waals surface area contributed by atoms with E-state index >= 15 is 0 Å². The Kier molecular flexibility index (Phi) is 11.8. The Balaban J connectivity index is 1.58. The molecule has 2 aromatic rings. The van der Waals surface area contributed by atoms with Gasteiger partial charge in [-0.25, -0.2) is 9.67 Å². The Bertz CT molecular complexity index is 1280. The molecular weight excluding hydrogens is 564 g/mol. The first-order chi connectivity index (χ1) is 21.1. The molecule has 0 unspecified atom stereocenters. The van der Waals surface area contributed by atoms with E-state index in [0.29, 0.717) is 70.3 Å². The molecule has 13 heteroatoms. The molecule has 2 aliphatic rings. The summed E-state index contributed by atoms with van der Waals surface area (Å²) in [4.78, 5) is 61.7. The number of rotatable bonds is 4. The number of nitrogens with zero attached hydrogens (tertiary/aromatic N) is 5. The van der Waals surface area contributed by atoms with Gasteiger partial charge in [-0.2, -0.15) is 5.10 Å². The van der Waals surface area contributed by atoms with Crippen molar-refractivity contribution in [2.45, 2.75) is 71.1 Å². The Morgan fingerprint density at radius 3 is 2.52 bits per heavy atom. The molecule has 0 saturated carbocycles. The third-order valence-corrected chi connectivity index (χ3v) is 8.03. The zero-order valence-electron chi connectivity index (χ0n) is 26.3. The predicted molar refractivity (Wildman–Crippen MR) is 163 cm³/mol. The van der Waals surface area contributed by atoms with Crippen LogP contribution in [-0.2, 0) is 36.9 Å². The highest BCUT2D eigenvalue weighted by Gasteiger charge is 2.32. The molecule has 240 valence electrons. The number of amides is 4. The van der Waals surface area contributed by atoms with Crippen molar-refractivity contribution in [2.75, 3.05) is 46.4 Å². The second kappa shape index (κ2) is 15.8. The highest BCUT2D eigenvalue weighted by Crippen LogP contribution is 2.21. The third-order valence-electron chi connectivity index (χ3n) is 8.03. The zero-order valence-corrected chi connectivity index (χ0v) is 26.3. The minimum absolute atomic E-state index is 0.0582. The van der Waals surface area contributed by atoms with Gasteiger partial charge in [-0.1, -0.05) is 44.2 Å². The molecule has 1 saturated heterocycles. The van der Waals surface area contributed by atoms with Crippen LogP contribution in [0.4, 0.5) is 0 Å². The van der Waals surface area contributed by atoms with E-state index in [0.717, 1.165) is 5.56 Å². The maximum atomic E-state index is 13.8. The Morgan fingerprint density at radius 2 is 1.80 bits per heavy atom. The average Bonchev–Trinajstić information content (AvgIpc) is 3.35. The van der Waals surface area contributed by atoms with Crippen LogP contribution in [0.1, 0.15) is 56.4 Å². The van der Waals surface area contributed by atoms with E-state index in [4.69, 9.17) is 4.74 Å². The minimum Gasteiger partial charge on any atom is -0.378 e. The molecule has 1 aromatic carbocycles. The fraction of sp³-hybridized carbons (Fsp3) is 0.613. The van der Waals surface area contributed by atoms with Crippen molar-refractivity contribution in [3.8, 4) is 0 Å². The van der Waals surface area contributed by atoms with Gasteiger partial charge in [-0.05, 0) is 38.3 Å². The summed E-state index contributed by atoms with van der Waals surface area (Å²) in [5, 5.41) is 13.4. The van der Waals surface area contributed by atoms with Crippen molar-refractivity contribution < 1.29 is 23.9 Å². The topological polar surface area (TPSA) is 151 Å². The standard InChI is InChI=1S/C31H46N8O5/c1-21(2)28-29-33-22(3)36-39(29)19-27(41)32-13-9-15-38(31(43)25-20-44-17-16-37(25)4)14-8-12-26(40)34-24(30(42)35-28)18-23-10-6-5-7-11-23/h5-7,10-11,21,24-25,28H,8-9,12-20H2,1-4H3,(H,32,41)(H,34,40)(H,35,42)/t24-,25-,28+/m1/s1. The number of carbonyl (C=O) groups is 4. The van der Waals surface area contributed by atoms with Gasteiger partial charge in [0.1, 0.15) is 24.5 Å². The first kappa shape index (κ1) is 33.1. The van der Waals surface area contributed by atoms with Crippen LogP contribution < -0.4 is 16.0 Å². The quantitative estimate of drug-likeness (QED) is 0.455. The molecule has 1 fully saturated rings. The summed E-state index contributed by atoms with van der Waals surface area (Å²) in [7, 11) is 1.91. The van der Waals surface area contributed by atoms with Crippen molar-refractivity contribution >= 4 is 23.6 Å². The lowest BCUT2D eigenvalue weighted by molar-refractivity contribution is -0.142. The van der Waals surface area contributed by atoms with Crippen LogP contribution in [0.15, 0.2) is 30.3 Å². The molecule has 0 bridgehead atoms. The number of fused-ring (bicyclic) bond motifs is 1. The molecule has 1 aromatic heterocycles. The molecular formula is C31H46N8O5. The van der Waals surface area contributed by atoms with Crippen molar-refractivity contribution in [1.29, 1.82) is 0 Å². The maximum Gasteiger partial charge on any atom is 0.243 e. The number of carbonyl (C=O) groups excluding carboxylic acids is 4. The van der Waals surface area contributed by atoms with Gasteiger partial charge in [0.15, 0.2) is 5.82 Å². The van der Waals surface area contributed by atoms with Gasteiger partial charge in [-0.15, -0.1) is 0 Å². The summed E-state index contributed by atoms with van der Waals surface area (Å²) in [6, 6.07) is 7.75. The van der Waals surface area contributed by atoms with Gasteiger partial charge < -0.3 is 25.6 Å². The van der Waals surface area contributed by atoms with E-state index in [1.165, 1.54) is 4.68 Å². The van der Waals surface area contributed by atoms with Crippen LogP contribution in [0.3, 0.4) is 0 Å². The highest BCUT2D eigenvalue weighted by atomic mass is 16.5. The molecule has 0 aliphatic carbocycles. The first-order valence-electron chi connectivity index (χ1n) is 15.5. The minimum atomic E-state index is -0.837. The van der Waals surface area contributed by atoms with Crippen molar-refractivity contribution in [3.63, 3.8) is 0 Å². The number of hydrogen-bond donors (Lipinski definition) is 3. The molecule has 3 N–H and O–H groups in total. The Hall–Kier alpha value is -3.84. The number of benzene rings is 1. The second-order valence-corrected chi connectivity index (χ2v) is 11.9. The van der Waals surface area contributed by atoms with Crippen molar-refractivity contribution in [1.82, 2.24) is 40.5 Å². The lowest BCUT2D eigenvalue weighted by Crippen LogP contribution is -2.54. The van der Waals surface area contributed by atoms with Crippen LogP contribution in [0.2, 0.25) is 0 Å². The molecule has 4 rings (SSSR count). The monoisotopic (exact) mass is 610 g/mol. The second-order valence-electron chi connectivity index (χ2n) is 11.9. The summed E-state index contributed by atoms with van der Waals surface area (Å²) in [6.45, 7) is 8.32. The van der Waals surface area contributed by atoms with Crippen molar-refractivity contribution in [2.24, 2.45) is 5.92 Å². The molecule has 0 spiro atoms. The summed E-state index contributed by atoms with van der Waals surface area (Å²) < 4.78 is 7.10. The Morgan fingerprint density at radius 1 is 1.05 bits per heavy atom. The van der Waals surface area contributed by atoms with Gasteiger partial charge in [-0.3, -0.25) is 24.1 Å². The number of morpholine rings is 1. The van der Waals surface area contributed by atoms with Crippen LogP contribution in [-0.4, -0.2) is 107 Å². The molecule has 0 radical (unpaired) electrons. The van der Waals surface area contributed by atoms with Gasteiger partial charge in [0, 0.05) is 39.0 Å². The van der Waals surface area contributed by atoms with E-state index in [1.807, 2.05) is 56.1 Å². The summed E-state index contributed by atoms with van der Waals surface area (Å²) in [5.74, 6) is -0.0205. The third kappa shape index (κ3) is 9.08. The molecule has 3 atom stereocenters. The van der Waals surface area contributed by atoms with Crippen molar-refractivity contribution in [3.05, 3.63) is 47.5 Å². The largest absolute Gasteiger partial charge is 0.378 e. The molecule has 3 heterocycles. The van der Waals surface area contributed by atoms with Crippen LogP contribution in [0.25, 0.3) is 0 Å². The lowest BCUT2D eigenvalue weighted by atomic mass is 10.0. The predicted octanol–water partition coefficient (Wildman–Crippen LogP) is 0.587. The van der Waals surface area contributed by atoms with E-state index in [2.05, 4.69) is 26.0 Å². The van der Waals surface area contributed by atoms with Crippen LogP contribution in [0, 0.1) is 12.8 Å². The van der Waals surface area contributed by atoms with Gasteiger partial charge in [0.2, 0.25) is 23.6 Å². The fourth-order valence-corrected chi connectivity index (χ4v) is 5.54. The molecule has 13 nitrogen and oxygen atoms in total. The van der Waals surface area contributed by atoms with Gasteiger partial charge >= 0.3 is 0 Å². The van der Waals surface area contributed by atoms with E-state index in [-0.39, 0.29) is 42.5 Å². The normalized spacial score (nSPS) is 23.6. The number of ether oxygens (including phenoxy) is 1.